The van der Waals surface area contributed by atoms with Crippen LogP contribution in [-0.2, 0) is 6.61 Å². The molecule has 2 rings (SSSR count). The van der Waals surface area contributed by atoms with E-state index >= 15 is 0 Å². The summed E-state index contributed by atoms with van der Waals surface area (Å²) in [7, 11) is 0. The van der Waals surface area contributed by atoms with Crippen molar-refractivity contribution < 1.29 is 17.9 Å². The number of ether oxygens (including phenoxy) is 1. The molecule has 0 radical (unpaired) electrons. The van der Waals surface area contributed by atoms with E-state index in [2.05, 4.69) is 15.9 Å². The number of rotatable bonds is 3. The first-order valence-corrected chi connectivity index (χ1v) is 6.26. The van der Waals surface area contributed by atoms with E-state index in [0.29, 0.717) is 10.0 Å². The van der Waals surface area contributed by atoms with E-state index < -0.39 is 17.5 Å². The van der Waals surface area contributed by atoms with Crippen LogP contribution in [0.4, 0.5) is 13.2 Å². The number of benzene rings is 2. The number of hydrogen-bond acceptors (Lipinski definition) is 2. The Balaban J connectivity index is 2.21. The monoisotopic (exact) mass is 341 g/mol. The van der Waals surface area contributed by atoms with Crippen LogP contribution in [0.2, 0.25) is 0 Å². The molecule has 0 spiro atoms. The Labute approximate surface area is 121 Å². The van der Waals surface area contributed by atoms with Gasteiger partial charge in [0, 0.05) is 4.47 Å². The normalized spacial score (nSPS) is 10.2. The zero-order valence-corrected chi connectivity index (χ0v) is 11.5. The Hall–Kier alpha value is -2.00. The van der Waals surface area contributed by atoms with Gasteiger partial charge in [-0.05, 0) is 35.9 Å². The van der Waals surface area contributed by atoms with Crippen LogP contribution in [0.3, 0.4) is 0 Å². The van der Waals surface area contributed by atoms with E-state index in [-0.39, 0.29) is 17.9 Å². The van der Waals surface area contributed by atoms with Crippen LogP contribution in [0.15, 0.2) is 34.8 Å². The lowest BCUT2D eigenvalue weighted by Gasteiger charge is -2.09. The molecule has 0 amide bonds. The van der Waals surface area contributed by atoms with Gasteiger partial charge < -0.3 is 4.74 Å². The Morgan fingerprint density at radius 2 is 1.85 bits per heavy atom. The number of nitriles is 1. The summed E-state index contributed by atoms with van der Waals surface area (Å²) in [6.45, 7) is -0.181. The zero-order chi connectivity index (χ0) is 14.7. The number of halogens is 4. The Morgan fingerprint density at radius 1 is 1.10 bits per heavy atom. The molecule has 0 saturated heterocycles. The predicted molar refractivity (Wildman–Crippen MR) is 69.5 cm³/mol. The summed E-state index contributed by atoms with van der Waals surface area (Å²) in [6, 6.07) is 7.68. The minimum atomic E-state index is -1.12. The first kappa shape index (κ1) is 14.4. The van der Waals surface area contributed by atoms with Gasteiger partial charge in [0.25, 0.3) is 0 Å². The summed E-state index contributed by atoms with van der Waals surface area (Å²) in [5, 5.41) is 8.72. The third kappa shape index (κ3) is 3.31. The van der Waals surface area contributed by atoms with E-state index in [1.54, 1.807) is 6.07 Å². The molecule has 0 atom stereocenters. The van der Waals surface area contributed by atoms with E-state index in [1.807, 2.05) is 0 Å². The van der Waals surface area contributed by atoms with Gasteiger partial charge in [0.2, 0.25) is 5.82 Å². The van der Waals surface area contributed by atoms with Crippen LogP contribution in [0.5, 0.6) is 5.75 Å². The summed E-state index contributed by atoms with van der Waals surface area (Å²) >= 11 is 3.02. The molecule has 0 heterocycles. The molecule has 20 heavy (non-hydrogen) atoms. The standard InChI is InChI=1S/C14H7BrF3NO/c15-10-4-12(17)14(18)13(5-10)20-7-9-1-8(6-19)2-11(16)3-9/h1-5H,7H2. The zero-order valence-electron chi connectivity index (χ0n) is 9.96. The summed E-state index contributed by atoms with van der Waals surface area (Å²) in [5.41, 5.74) is 0.478. The Kier molecular flexibility index (Phi) is 4.30. The largest absolute Gasteiger partial charge is 0.486 e. The number of nitrogens with zero attached hydrogens (tertiary/aromatic N) is 1. The third-order valence-electron chi connectivity index (χ3n) is 2.44. The maximum absolute atomic E-state index is 13.5. The van der Waals surface area contributed by atoms with Gasteiger partial charge in [-0.1, -0.05) is 15.9 Å². The predicted octanol–water partition coefficient (Wildman–Crippen LogP) is 4.32. The molecule has 0 bridgehead atoms. The van der Waals surface area contributed by atoms with E-state index in [4.69, 9.17) is 10.00 Å². The van der Waals surface area contributed by atoms with E-state index in [9.17, 15) is 13.2 Å². The second-order valence-corrected chi connectivity index (χ2v) is 4.86. The van der Waals surface area contributed by atoms with Crippen molar-refractivity contribution in [2.75, 3.05) is 0 Å². The molecule has 0 unspecified atom stereocenters. The Bertz CT molecular complexity index is 698. The van der Waals surface area contributed by atoms with Crippen molar-refractivity contribution in [3.05, 3.63) is 63.4 Å². The molecular weight excluding hydrogens is 335 g/mol. The van der Waals surface area contributed by atoms with Gasteiger partial charge in [-0.25, -0.2) is 8.78 Å². The molecule has 0 aliphatic heterocycles. The van der Waals surface area contributed by atoms with Crippen molar-refractivity contribution in [3.8, 4) is 11.8 Å². The van der Waals surface area contributed by atoms with Crippen LogP contribution in [-0.4, -0.2) is 0 Å². The Morgan fingerprint density at radius 3 is 2.55 bits per heavy atom. The van der Waals surface area contributed by atoms with Crippen LogP contribution >= 0.6 is 15.9 Å². The van der Waals surface area contributed by atoms with Gasteiger partial charge in [0.1, 0.15) is 12.4 Å². The van der Waals surface area contributed by atoms with Gasteiger partial charge in [-0.2, -0.15) is 9.65 Å². The van der Waals surface area contributed by atoms with Crippen LogP contribution in [0.1, 0.15) is 11.1 Å². The molecular formula is C14H7BrF3NO. The summed E-state index contributed by atoms with van der Waals surface area (Å²) < 4.78 is 45.3. The minimum Gasteiger partial charge on any atom is -0.486 e. The summed E-state index contributed by atoms with van der Waals surface area (Å²) in [4.78, 5) is 0. The van der Waals surface area contributed by atoms with Crippen molar-refractivity contribution in [1.82, 2.24) is 0 Å². The average molecular weight is 342 g/mol. The molecule has 2 aromatic carbocycles. The van der Waals surface area contributed by atoms with Crippen molar-refractivity contribution >= 4 is 15.9 Å². The molecule has 102 valence electrons. The van der Waals surface area contributed by atoms with Crippen LogP contribution in [0.25, 0.3) is 0 Å². The van der Waals surface area contributed by atoms with E-state index in [1.165, 1.54) is 12.1 Å². The first-order valence-electron chi connectivity index (χ1n) is 5.46. The summed E-state index contributed by atoms with van der Waals surface area (Å²) in [5.74, 6) is -3.06. The van der Waals surface area contributed by atoms with Crippen molar-refractivity contribution in [2.24, 2.45) is 0 Å². The van der Waals surface area contributed by atoms with E-state index in [0.717, 1.165) is 18.2 Å². The molecule has 0 aliphatic rings. The molecule has 6 heteroatoms. The summed E-state index contributed by atoms with van der Waals surface area (Å²) in [6.07, 6.45) is 0. The molecule has 0 aliphatic carbocycles. The molecule has 0 fully saturated rings. The SMILES string of the molecule is N#Cc1cc(F)cc(COc2cc(Br)cc(F)c2F)c1. The van der Waals surface area contributed by atoms with Crippen molar-refractivity contribution in [1.29, 1.82) is 5.26 Å². The smallest absolute Gasteiger partial charge is 0.200 e. The lowest BCUT2D eigenvalue weighted by Crippen LogP contribution is -2.00. The molecule has 0 N–H and O–H groups in total. The lowest BCUT2D eigenvalue weighted by atomic mass is 10.1. The average Bonchev–Trinajstić information content (AvgIpc) is 2.40. The first-order chi connectivity index (χ1) is 9.49. The molecule has 0 saturated carbocycles. The highest BCUT2D eigenvalue weighted by Crippen LogP contribution is 2.26. The fourth-order valence-corrected chi connectivity index (χ4v) is 2.01. The maximum atomic E-state index is 13.5. The second-order valence-electron chi connectivity index (χ2n) is 3.95. The van der Waals surface area contributed by atoms with Crippen molar-refractivity contribution in [3.63, 3.8) is 0 Å². The fraction of sp³-hybridized carbons (Fsp3) is 0.0714. The van der Waals surface area contributed by atoms with Gasteiger partial charge >= 0.3 is 0 Å². The topological polar surface area (TPSA) is 33.0 Å². The van der Waals surface area contributed by atoms with Crippen molar-refractivity contribution in [2.45, 2.75) is 6.61 Å². The molecule has 2 nitrogen and oxygen atoms in total. The number of hydrogen-bond donors (Lipinski definition) is 0. The quantitative estimate of drug-likeness (QED) is 0.779. The maximum Gasteiger partial charge on any atom is 0.200 e. The highest BCUT2D eigenvalue weighted by Gasteiger charge is 2.12. The second kappa shape index (κ2) is 5.97. The van der Waals surface area contributed by atoms with Gasteiger partial charge in [0.05, 0.1) is 11.6 Å². The minimum absolute atomic E-state index is 0.129. The third-order valence-corrected chi connectivity index (χ3v) is 2.90. The molecule has 0 aromatic heterocycles. The fourth-order valence-electron chi connectivity index (χ4n) is 1.60. The highest BCUT2D eigenvalue weighted by molar-refractivity contribution is 9.10. The van der Waals surface area contributed by atoms with Gasteiger partial charge in [0.15, 0.2) is 11.6 Å². The van der Waals surface area contributed by atoms with Gasteiger partial charge in [-0.3, -0.25) is 0 Å². The lowest BCUT2D eigenvalue weighted by molar-refractivity contribution is 0.284. The molecule has 2 aromatic rings. The van der Waals surface area contributed by atoms with Crippen LogP contribution < -0.4 is 4.74 Å². The van der Waals surface area contributed by atoms with Crippen LogP contribution in [0, 0.1) is 28.8 Å². The highest BCUT2D eigenvalue weighted by atomic mass is 79.9. The van der Waals surface area contributed by atoms with Gasteiger partial charge in [-0.15, -0.1) is 0 Å².